The van der Waals surface area contributed by atoms with Crippen LogP contribution in [0.5, 0.6) is 0 Å². The van der Waals surface area contributed by atoms with Crippen molar-refractivity contribution in [1.82, 2.24) is 0 Å². The molecule has 10 heavy (non-hydrogen) atoms. The van der Waals surface area contributed by atoms with Gasteiger partial charge in [-0.1, -0.05) is 0 Å². The third kappa shape index (κ3) is 907. The van der Waals surface area contributed by atoms with E-state index < -0.39 is 0 Å². The summed E-state index contributed by atoms with van der Waals surface area (Å²) in [4.78, 5) is 0. The topological polar surface area (TPSA) is 60.7 Å². The fraction of sp³-hybridized carbons (Fsp3) is 0.833. The molecular weight excluding hydrogens is 211 g/mol. The van der Waals surface area contributed by atoms with Crippen LogP contribution in [0.15, 0.2) is 0 Å². The summed E-state index contributed by atoms with van der Waals surface area (Å²) in [5, 5.41) is 21.0. The van der Waals surface area contributed by atoms with Gasteiger partial charge in [-0.25, -0.2) is 0 Å². The van der Waals surface area contributed by atoms with E-state index in [2.05, 4.69) is 0 Å². The molecule has 0 spiro atoms. The zero-order valence-electron chi connectivity index (χ0n) is 7.42. The molecular formula is C6H19O3Zr-. The van der Waals surface area contributed by atoms with Crippen molar-refractivity contribution in [3.63, 3.8) is 0 Å². The number of rotatable bonds is 0. The molecule has 0 saturated carbocycles. The maximum atomic E-state index is 7.00. The largest absolute Gasteiger partial charge is 0.400 e. The van der Waals surface area contributed by atoms with Crippen molar-refractivity contribution >= 4 is 0 Å². The quantitative estimate of drug-likeness (QED) is 0.516. The second-order valence-corrected chi connectivity index (χ2v) is 0.577. The van der Waals surface area contributed by atoms with Crippen molar-refractivity contribution < 1.29 is 41.5 Å². The van der Waals surface area contributed by atoms with E-state index >= 15 is 0 Å². The third-order valence-electron chi connectivity index (χ3n) is 0. The Kier molecular flexibility index (Phi) is 745. The fourth-order valence-electron chi connectivity index (χ4n) is 0. The zero-order chi connectivity index (χ0) is 8.71. The molecule has 3 N–H and O–H groups in total. The summed E-state index contributed by atoms with van der Waals surface area (Å²) < 4.78 is 0. The standard InChI is InChI=1S/C3H7.3CH4O.Zr/c1-3-2;3*1-2;/h3H,1-2H3;3*2H,1H3;/q-1;;;;. The monoisotopic (exact) mass is 229 g/mol. The van der Waals surface area contributed by atoms with Gasteiger partial charge in [-0.3, -0.25) is 0 Å². The van der Waals surface area contributed by atoms with Crippen LogP contribution in [0.3, 0.4) is 0 Å². The average Bonchev–Trinajstić information content (AvgIpc) is 2.01. The fourth-order valence-corrected chi connectivity index (χ4v) is 0. The molecule has 0 rings (SSSR count). The zero-order valence-corrected chi connectivity index (χ0v) is 9.88. The van der Waals surface area contributed by atoms with Gasteiger partial charge in [0.15, 0.2) is 0 Å². The van der Waals surface area contributed by atoms with Crippen molar-refractivity contribution in [1.29, 1.82) is 0 Å². The molecule has 0 aliphatic carbocycles. The Balaban J connectivity index is -0.0000000110. The van der Waals surface area contributed by atoms with Crippen LogP contribution in [-0.2, 0) is 26.2 Å². The summed E-state index contributed by atoms with van der Waals surface area (Å²) in [7, 11) is 3.00. The Morgan fingerprint density at radius 1 is 0.700 bits per heavy atom. The Hall–Kier alpha value is 0.763. The number of aliphatic hydroxyl groups is 3. The summed E-state index contributed by atoms with van der Waals surface area (Å²) in [6.45, 7) is 4.00. The number of aliphatic hydroxyl groups excluding tert-OH is 3. The van der Waals surface area contributed by atoms with Gasteiger partial charge in [-0.05, 0) is 0 Å². The third-order valence-corrected chi connectivity index (χ3v) is 0. The minimum Gasteiger partial charge on any atom is -0.400 e. The van der Waals surface area contributed by atoms with Gasteiger partial charge in [0.25, 0.3) is 0 Å². The molecule has 0 aromatic carbocycles. The van der Waals surface area contributed by atoms with Crippen LogP contribution in [0.4, 0.5) is 0 Å². The molecule has 0 atom stereocenters. The molecule has 0 bridgehead atoms. The molecule has 3 nitrogen and oxygen atoms in total. The van der Waals surface area contributed by atoms with E-state index in [1.165, 1.54) is 0 Å². The van der Waals surface area contributed by atoms with Crippen molar-refractivity contribution in [3.8, 4) is 0 Å². The minimum atomic E-state index is 0. The molecule has 0 aromatic heterocycles. The van der Waals surface area contributed by atoms with Gasteiger partial charge < -0.3 is 21.7 Å². The van der Waals surface area contributed by atoms with E-state index in [0.717, 1.165) is 21.3 Å². The molecule has 0 aromatic rings. The summed E-state index contributed by atoms with van der Waals surface area (Å²) in [6, 6.07) is 0. The molecule has 66 valence electrons. The van der Waals surface area contributed by atoms with Crippen LogP contribution >= 0.6 is 0 Å². The summed E-state index contributed by atoms with van der Waals surface area (Å²) in [6.07, 6.45) is 2.00. The Morgan fingerprint density at radius 3 is 0.700 bits per heavy atom. The molecule has 0 amide bonds. The summed E-state index contributed by atoms with van der Waals surface area (Å²) in [5.74, 6) is 0. The normalized spacial score (nSPS) is 3.60. The van der Waals surface area contributed by atoms with Crippen molar-refractivity contribution in [3.05, 3.63) is 6.42 Å². The first-order valence-corrected chi connectivity index (χ1v) is 2.50. The smallest absolute Gasteiger partial charge is 0.0319 e. The number of hydrogen-bond acceptors (Lipinski definition) is 3. The summed E-state index contributed by atoms with van der Waals surface area (Å²) in [5.41, 5.74) is 0. The van der Waals surface area contributed by atoms with Gasteiger partial charge in [-0.15, -0.1) is 0 Å². The molecule has 0 unspecified atom stereocenters. The first-order valence-electron chi connectivity index (χ1n) is 2.50. The van der Waals surface area contributed by atoms with Gasteiger partial charge in [-0.2, -0.15) is 13.8 Å². The van der Waals surface area contributed by atoms with E-state index in [1.54, 1.807) is 0 Å². The van der Waals surface area contributed by atoms with Crippen LogP contribution in [-0.4, -0.2) is 36.6 Å². The van der Waals surface area contributed by atoms with Crippen molar-refractivity contribution in [2.24, 2.45) is 0 Å². The van der Waals surface area contributed by atoms with Crippen LogP contribution in [0.2, 0.25) is 0 Å². The Bertz CT molecular complexity index is 13.0. The Morgan fingerprint density at radius 2 is 0.700 bits per heavy atom. The van der Waals surface area contributed by atoms with E-state index in [4.69, 9.17) is 15.3 Å². The molecule has 0 fully saturated rings. The van der Waals surface area contributed by atoms with Crippen LogP contribution in [0, 0.1) is 6.42 Å². The van der Waals surface area contributed by atoms with Gasteiger partial charge >= 0.3 is 0 Å². The average molecular weight is 230 g/mol. The SMILES string of the molecule is CO.CO.CO.C[CH-]C.[Zr]. The Labute approximate surface area is 83.2 Å². The van der Waals surface area contributed by atoms with Crippen LogP contribution in [0.25, 0.3) is 0 Å². The van der Waals surface area contributed by atoms with Crippen LogP contribution in [0.1, 0.15) is 13.8 Å². The molecule has 4 heteroatoms. The first-order chi connectivity index (χ1) is 4.41. The number of hydrogen-bond donors (Lipinski definition) is 3. The van der Waals surface area contributed by atoms with Crippen molar-refractivity contribution in [2.75, 3.05) is 21.3 Å². The van der Waals surface area contributed by atoms with Gasteiger partial charge in [0.05, 0.1) is 0 Å². The second kappa shape index (κ2) is 241. The predicted octanol–water partition coefficient (Wildman–Crippen LogP) is 0.0535. The first kappa shape index (κ1) is 30.9. The van der Waals surface area contributed by atoms with Crippen molar-refractivity contribution in [2.45, 2.75) is 13.8 Å². The van der Waals surface area contributed by atoms with E-state index in [-0.39, 0.29) is 26.2 Å². The molecule has 0 heterocycles. The maximum absolute atomic E-state index is 7.00. The van der Waals surface area contributed by atoms with E-state index in [9.17, 15) is 0 Å². The van der Waals surface area contributed by atoms with E-state index in [0.29, 0.717) is 0 Å². The molecule has 0 saturated heterocycles. The van der Waals surface area contributed by atoms with Crippen LogP contribution < -0.4 is 0 Å². The van der Waals surface area contributed by atoms with Gasteiger partial charge in [0, 0.05) is 47.5 Å². The molecule has 0 aliphatic rings. The second-order valence-electron chi connectivity index (χ2n) is 0.577. The summed E-state index contributed by atoms with van der Waals surface area (Å²) >= 11 is 0. The van der Waals surface area contributed by atoms with E-state index in [1.807, 2.05) is 20.3 Å². The van der Waals surface area contributed by atoms with Gasteiger partial charge in [0.1, 0.15) is 0 Å². The molecule has 0 aliphatic heterocycles. The minimum absolute atomic E-state index is 0. The maximum Gasteiger partial charge on any atom is 0.0319 e. The predicted molar refractivity (Wildman–Crippen MR) is 40.1 cm³/mol. The molecule has 0 radical (unpaired) electrons. The van der Waals surface area contributed by atoms with Gasteiger partial charge in [0.2, 0.25) is 0 Å².